The van der Waals surface area contributed by atoms with Crippen molar-refractivity contribution in [2.75, 3.05) is 37.3 Å². The number of anilines is 2. The second-order valence-electron chi connectivity index (χ2n) is 9.04. The van der Waals surface area contributed by atoms with E-state index in [1.807, 2.05) is 13.6 Å². The van der Waals surface area contributed by atoms with Crippen molar-refractivity contribution < 1.29 is 18.2 Å². The summed E-state index contributed by atoms with van der Waals surface area (Å²) in [6.45, 7) is 10.4. The third-order valence-electron chi connectivity index (χ3n) is 5.78. The molecule has 2 atom stereocenters. The largest absolute Gasteiger partial charge is 0.483 e. The predicted molar refractivity (Wildman–Crippen MR) is 145 cm³/mol. The predicted octanol–water partition coefficient (Wildman–Crippen LogP) is 6.10. The molecule has 1 saturated carbocycles. The van der Waals surface area contributed by atoms with Crippen molar-refractivity contribution in [3.63, 3.8) is 0 Å². The van der Waals surface area contributed by atoms with Crippen LogP contribution in [-0.2, 0) is 9.36 Å². The van der Waals surface area contributed by atoms with Crippen molar-refractivity contribution in [3.05, 3.63) is 54.6 Å². The molecule has 0 bridgehead atoms. The summed E-state index contributed by atoms with van der Waals surface area (Å²) in [6, 6.07) is 6.87. The Morgan fingerprint density at radius 3 is 2.84 bits per heavy atom. The molecule has 0 saturated heterocycles. The average molecular weight is 529 g/mol. The first kappa shape index (κ1) is 26.8. The lowest BCUT2D eigenvalue weighted by Gasteiger charge is -2.16. The number of hydrogen-bond acceptors (Lipinski definition) is 9. The Morgan fingerprint density at radius 1 is 1.30 bits per heavy atom. The van der Waals surface area contributed by atoms with Crippen LogP contribution < -0.4 is 16.1 Å². The van der Waals surface area contributed by atoms with Crippen molar-refractivity contribution in [3.8, 4) is 22.7 Å². The van der Waals surface area contributed by atoms with Crippen LogP contribution in [-0.4, -0.2) is 47.5 Å². The summed E-state index contributed by atoms with van der Waals surface area (Å²) in [6.07, 6.45) is 5.58. The van der Waals surface area contributed by atoms with E-state index in [-0.39, 0.29) is 17.6 Å². The summed E-state index contributed by atoms with van der Waals surface area (Å²) >= 11 is 0. The van der Waals surface area contributed by atoms with Crippen LogP contribution in [0.3, 0.4) is 0 Å². The molecule has 3 N–H and O–H groups in total. The monoisotopic (exact) mass is 528 g/mol. The molecule has 1 fully saturated rings. The lowest BCUT2D eigenvalue weighted by atomic mass is 10.1. The van der Waals surface area contributed by atoms with Gasteiger partial charge in [-0.05, 0) is 63.8 Å². The van der Waals surface area contributed by atoms with Gasteiger partial charge in [0.15, 0.2) is 23.4 Å². The summed E-state index contributed by atoms with van der Waals surface area (Å²) in [4.78, 5) is 13.6. The fraction of sp³-hybridized carbons (Fsp3) is 0.423. The molecule has 1 aromatic carbocycles. The van der Waals surface area contributed by atoms with Crippen LogP contribution in [0.5, 0.6) is 0 Å². The van der Waals surface area contributed by atoms with E-state index in [1.165, 1.54) is 0 Å². The molecule has 2 heterocycles. The van der Waals surface area contributed by atoms with Gasteiger partial charge in [-0.1, -0.05) is 13.0 Å². The SMILES string of the molecule is C=C(N[C@@H](C)CNc1nccc(-c2oc(C3CC3)nc2-c2cccc(NOP(C)CCC)c2F)n1)OC. The van der Waals surface area contributed by atoms with Crippen molar-refractivity contribution in [1.82, 2.24) is 20.3 Å². The smallest absolute Gasteiger partial charge is 0.223 e. The van der Waals surface area contributed by atoms with Gasteiger partial charge in [0.05, 0.1) is 20.9 Å². The van der Waals surface area contributed by atoms with Gasteiger partial charge < -0.3 is 19.8 Å². The van der Waals surface area contributed by atoms with Crippen LogP contribution in [0, 0.1) is 5.82 Å². The van der Waals surface area contributed by atoms with E-state index < -0.39 is 14.0 Å². The molecule has 2 aromatic heterocycles. The highest BCUT2D eigenvalue weighted by Gasteiger charge is 2.32. The first-order chi connectivity index (χ1) is 17.9. The minimum Gasteiger partial charge on any atom is -0.483 e. The van der Waals surface area contributed by atoms with Crippen LogP contribution >= 0.6 is 8.15 Å². The third-order valence-corrected chi connectivity index (χ3v) is 7.26. The summed E-state index contributed by atoms with van der Waals surface area (Å²) < 4.78 is 32.6. The highest BCUT2D eigenvalue weighted by Crippen LogP contribution is 2.44. The molecule has 1 aliphatic carbocycles. The molecule has 37 heavy (non-hydrogen) atoms. The van der Waals surface area contributed by atoms with E-state index in [0.717, 1.165) is 25.4 Å². The van der Waals surface area contributed by atoms with E-state index in [1.54, 1.807) is 37.6 Å². The zero-order chi connectivity index (χ0) is 26.4. The standard InChI is InChI=1S/C26H34FN6O3P/c1-6-14-37(5)36-33-20-9-7-8-19(22(20)27)23-24(35-25(32-23)18-10-11-18)21-12-13-28-26(31-21)29-15-16(2)30-17(3)34-4/h7-9,12-13,16,18,30,33H,3,6,10-11,14-15H2,1-2,4-5H3,(H,28,29,31)/t16-,37?/m0/s1. The van der Waals surface area contributed by atoms with E-state index in [4.69, 9.17) is 18.8 Å². The summed E-state index contributed by atoms with van der Waals surface area (Å²) in [5.41, 5.74) is 4.30. The molecule has 0 radical (unpaired) electrons. The molecule has 0 amide bonds. The minimum atomic E-state index is -0.690. The van der Waals surface area contributed by atoms with Gasteiger partial charge in [0, 0.05) is 30.3 Å². The first-order valence-corrected chi connectivity index (χ1v) is 14.3. The van der Waals surface area contributed by atoms with Crippen LogP contribution in [0.25, 0.3) is 22.7 Å². The molecule has 0 spiro atoms. The fourth-order valence-corrected chi connectivity index (χ4v) is 4.65. The number of nitrogens with one attached hydrogen (secondary N) is 3. The van der Waals surface area contributed by atoms with Gasteiger partial charge in [-0.15, -0.1) is 0 Å². The normalized spacial score (nSPS) is 14.6. The van der Waals surface area contributed by atoms with E-state index in [2.05, 4.69) is 39.6 Å². The maximum atomic E-state index is 15.7. The maximum Gasteiger partial charge on any atom is 0.223 e. The molecule has 11 heteroatoms. The lowest BCUT2D eigenvalue weighted by Crippen LogP contribution is -2.32. The molecular formula is C26H34FN6O3P. The van der Waals surface area contributed by atoms with Crippen LogP contribution in [0.4, 0.5) is 16.0 Å². The van der Waals surface area contributed by atoms with Crippen LogP contribution in [0.1, 0.15) is 44.9 Å². The number of benzene rings is 1. The van der Waals surface area contributed by atoms with Crippen molar-refractivity contribution in [2.24, 2.45) is 0 Å². The summed E-state index contributed by atoms with van der Waals surface area (Å²) in [5.74, 6) is 1.70. The Morgan fingerprint density at radius 2 is 2.11 bits per heavy atom. The van der Waals surface area contributed by atoms with Crippen molar-refractivity contribution >= 4 is 19.8 Å². The zero-order valence-electron chi connectivity index (χ0n) is 21.7. The van der Waals surface area contributed by atoms with Gasteiger partial charge in [0.1, 0.15) is 11.4 Å². The average Bonchev–Trinajstić information content (AvgIpc) is 3.65. The molecule has 1 unspecified atom stereocenters. The quantitative estimate of drug-likeness (QED) is 0.130. The minimum absolute atomic E-state index is 0.0232. The van der Waals surface area contributed by atoms with Crippen LogP contribution in [0.2, 0.25) is 0 Å². The highest BCUT2D eigenvalue weighted by molar-refractivity contribution is 7.51. The fourth-order valence-electron chi connectivity index (χ4n) is 3.68. The number of halogens is 1. The Labute approximate surface area is 218 Å². The van der Waals surface area contributed by atoms with Crippen molar-refractivity contribution in [1.29, 1.82) is 0 Å². The molecule has 198 valence electrons. The Bertz CT molecular complexity index is 1220. The second-order valence-corrected chi connectivity index (χ2v) is 10.9. The van der Waals surface area contributed by atoms with Crippen molar-refractivity contribution in [2.45, 2.75) is 45.1 Å². The molecule has 4 rings (SSSR count). The number of ether oxygens (including phenoxy) is 1. The number of hydrogen-bond donors (Lipinski definition) is 3. The third kappa shape index (κ3) is 6.96. The van der Waals surface area contributed by atoms with Gasteiger partial charge in [0.2, 0.25) is 5.95 Å². The number of aromatic nitrogens is 3. The van der Waals surface area contributed by atoms with E-state index >= 15 is 4.39 Å². The number of methoxy groups -OCH3 is 1. The van der Waals surface area contributed by atoms with Gasteiger partial charge in [-0.2, -0.15) is 0 Å². The Hall–Kier alpha value is -3.23. The molecular weight excluding hydrogens is 494 g/mol. The Kier molecular flexibility index (Phi) is 8.95. The molecule has 1 aliphatic rings. The highest BCUT2D eigenvalue weighted by atomic mass is 31.1. The molecule has 9 nitrogen and oxygen atoms in total. The van der Waals surface area contributed by atoms with Gasteiger partial charge in [0.25, 0.3) is 0 Å². The summed E-state index contributed by atoms with van der Waals surface area (Å²) in [5, 5.41) is 6.32. The van der Waals surface area contributed by atoms with E-state index in [9.17, 15) is 0 Å². The van der Waals surface area contributed by atoms with Gasteiger partial charge in [-0.25, -0.2) is 19.3 Å². The summed E-state index contributed by atoms with van der Waals surface area (Å²) in [7, 11) is 0.868. The van der Waals surface area contributed by atoms with E-state index in [0.29, 0.717) is 47.0 Å². The lowest BCUT2D eigenvalue weighted by molar-refractivity contribution is 0.255. The number of rotatable bonds is 14. The second kappa shape index (κ2) is 12.3. The van der Waals surface area contributed by atoms with Gasteiger partial charge in [-0.3, -0.25) is 10.1 Å². The first-order valence-electron chi connectivity index (χ1n) is 12.4. The van der Waals surface area contributed by atoms with Crippen LogP contribution in [0.15, 0.2) is 47.3 Å². The maximum absolute atomic E-state index is 15.7. The number of oxazole rings is 1. The van der Waals surface area contributed by atoms with Gasteiger partial charge >= 0.3 is 0 Å². The molecule has 3 aromatic rings. The zero-order valence-corrected chi connectivity index (χ0v) is 22.6. The Balaban J connectivity index is 1.60. The number of nitrogens with zero attached hydrogens (tertiary/aromatic N) is 3. The topological polar surface area (TPSA) is 106 Å². The molecule has 0 aliphatic heterocycles.